The van der Waals surface area contributed by atoms with Crippen molar-refractivity contribution >= 4 is 21.4 Å². The molecule has 1 saturated heterocycles. The first kappa shape index (κ1) is 19.6. The van der Waals surface area contributed by atoms with Crippen molar-refractivity contribution in [1.29, 1.82) is 0 Å². The van der Waals surface area contributed by atoms with Gasteiger partial charge in [-0.2, -0.15) is 0 Å². The lowest BCUT2D eigenvalue weighted by atomic mass is 10.2. The zero-order chi connectivity index (χ0) is 19.3. The Bertz CT molecular complexity index is 866. The van der Waals surface area contributed by atoms with Crippen LogP contribution in [0.5, 0.6) is 0 Å². The van der Waals surface area contributed by atoms with Crippen molar-refractivity contribution in [2.45, 2.75) is 11.8 Å². The Morgan fingerprint density at radius 2 is 1.74 bits per heavy atom. The Morgan fingerprint density at radius 1 is 1.07 bits per heavy atom. The fraction of sp³-hybridized carbons (Fsp3) is 0.368. The van der Waals surface area contributed by atoms with Gasteiger partial charge in [0, 0.05) is 37.6 Å². The summed E-state index contributed by atoms with van der Waals surface area (Å²) in [5, 5.41) is 3.33. The molecule has 2 aromatic carbocycles. The number of halogens is 1. The van der Waals surface area contributed by atoms with E-state index in [1.807, 2.05) is 12.1 Å². The molecule has 2 aromatic rings. The van der Waals surface area contributed by atoms with Crippen LogP contribution in [0.4, 0.5) is 15.8 Å². The second-order valence-corrected chi connectivity index (χ2v) is 8.12. The molecule has 0 atom stereocenters. The van der Waals surface area contributed by atoms with E-state index in [4.69, 9.17) is 4.74 Å². The monoisotopic (exact) mass is 393 g/mol. The van der Waals surface area contributed by atoms with E-state index in [1.54, 1.807) is 19.1 Å². The van der Waals surface area contributed by atoms with E-state index >= 15 is 0 Å². The molecule has 0 saturated carbocycles. The van der Waals surface area contributed by atoms with Gasteiger partial charge in [-0.25, -0.2) is 12.8 Å². The van der Waals surface area contributed by atoms with Crippen LogP contribution in [-0.2, 0) is 14.8 Å². The van der Waals surface area contributed by atoms with Crippen molar-refractivity contribution in [2.24, 2.45) is 0 Å². The van der Waals surface area contributed by atoms with E-state index in [1.165, 1.54) is 12.1 Å². The predicted molar refractivity (Wildman–Crippen MR) is 104 cm³/mol. The van der Waals surface area contributed by atoms with Crippen LogP contribution < -0.4 is 10.0 Å². The number of morpholine rings is 1. The summed E-state index contributed by atoms with van der Waals surface area (Å²) in [5.41, 5.74) is 1.74. The number of ether oxygens (including phenoxy) is 1. The second-order valence-electron chi connectivity index (χ2n) is 6.47. The number of hydrogen-bond acceptors (Lipinski definition) is 5. The minimum absolute atomic E-state index is 0.0663. The maximum Gasteiger partial charge on any atom is 0.262 e. The van der Waals surface area contributed by atoms with Crippen molar-refractivity contribution in [3.8, 4) is 0 Å². The highest BCUT2D eigenvalue weighted by molar-refractivity contribution is 7.92. The third kappa shape index (κ3) is 5.41. The molecule has 0 aliphatic carbocycles. The van der Waals surface area contributed by atoms with Crippen LogP contribution in [0.15, 0.2) is 47.4 Å². The van der Waals surface area contributed by atoms with Crippen LogP contribution in [0.1, 0.15) is 5.56 Å². The number of nitrogens with one attached hydrogen (secondary N) is 2. The molecule has 0 amide bonds. The lowest BCUT2D eigenvalue weighted by Gasteiger charge is -2.26. The van der Waals surface area contributed by atoms with Crippen molar-refractivity contribution in [3.63, 3.8) is 0 Å². The Hall–Kier alpha value is -2.16. The number of benzene rings is 2. The first-order chi connectivity index (χ1) is 12.9. The second kappa shape index (κ2) is 8.69. The molecule has 1 fully saturated rings. The van der Waals surface area contributed by atoms with Gasteiger partial charge in [-0.05, 0) is 55.0 Å². The van der Waals surface area contributed by atoms with Gasteiger partial charge in [-0.1, -0.05) is 0 Å². The summed E-state index contributed by atoms with van der Waals surface area (Å²) >= 11 is 0. The molecule has 8 heteroatoms. The molecule has 1 heterocycles. The zero-order valence-corrected chi connectivity index (χ0v) is 16.1. The van der Waals surface area contributed by atoms with Crippen molar-refractivity contribution in [1.82, 2.24) is 4.90 Å². The normalized spacial score (nSPS) is 15.5. The molecule has 3 rings (SSSR count). The fourth-order valence-corrected chi connectivity index (χ4v) is 4.25. The standard InChI is InChI=1S/C19H24FN3O3S/c1-15-14-16(20)2-7-19(15)27(24,25)22-18-5-3-17(4-6-18)21-8-9-23-10-12-26-13-11-23/h2-7,14,21-22H,8-13H2,1H3. The summed E-state index contributed by atoms with van der Waals surface area (Å²) in [6.45, 7) is 6.77. The maximum atomic E-state index is 13.2. The van der Waals surface area contributed by atoms with Crippen LogP contribution in [0.3, 0.4) is 0 Å². The molecule has 0 unspecified atom stereocenters. The van der Waals surface area contributed by atoms with Crippen LogP contribution in [0.2, 0.25) is 0 Å². The summed E-state index contributed by atoms with van der Waals surface area (Å²) in [6.07, 6.45) is 0. The number of aryl methyl sites for hydroxylation is 1. The van der Waals surface area contributed by atoms with E-state index in [0.29, 0.717) is 11.3 Å². The van der Waals surface area contributed by atoms with Crippen molar-refractivity contribution in [3.05, 3.63) is 53.8 Å². The molecule has 1 aliphatic rings. The molecule has 0 aromatic heterocycles. The van der Waals surface area contributed by atoms with Gasteiger partial charge in [0.1, 0.15) is 5.82 Å². The third-order valence-electron chi connectivity index (χ3n) is 4.42. The first-order valence-corrected chi connectivity index (χ1v) is 10.4. The molecule has 0 radical (unpaired) electrons. The molecule has 27 heavy (non-hydrogen) atoms. The van der Waals surface area contributed by atoms with Gasteiger partial charge in [0.2, 0.25) is 0 Å². The topological polar surface area (TPSA) is 70.7 Å². The van der Waals surface area contributed by atoms with Crippen LogP contribution in [-0.4, -0.2) is 52.7 Å². The van der Waals surface area contributed by atoms with Crippen LogP contribution in [0.25, 0.3) is 0 Å². The van der Waals surface area contributed by atoms with E-state index in [-0.39, 0.29) is 4.90 Å². The third-order valence-corrected chi connectivity index (χ3v) is 5.97. The molecule has 6 nitrogen and oxygen atoms in total. The summed E-state index contributed by atoms with van der Waals surface area (Å²) in [7, 11) is -3.76. The Balaban J connectivity index is 1.56. The smallest absolute Gasteiger partial charge is 0.262 e. The summed E-state index contributed by atoms with van der Waals surface area (Å²) in [6, 6.07) is 10.7. The van der Waals surface area contributed by atoms with Crippen molar-refractivity contribution < 1.29 is 17.5 Å². The lowest BCUT2D eigenvalue weighted by Crippen LogP contribution is -2.38. The van der Waals surface area contributed by atoms with E-state index < -0.39 is 15.8 Å². The quantitative estimate of drug-likeness (QED) is 0.757. The van der Waals surface area contributed by atoms with E-state index in [2.05, 4.69) is 14.9 Å². The molecule has 0 bridgehead atoms. The molecule has 2 N–H and O–H groups in total. The van der Waals surface area contributed by atoms with E-state index in [0.717, 1.165) is 51.1 Å². The van der Waals surface area contributed by atoms with Gasteiger partial charge in [0.05, 0.1) is 18.1 Å². The molecular formula is C19H24FN3O3S. The van der Waals surface area contributed by atoms with E-state index in [9.17, 15) is 12.8 Å². The number of anilines is 2. The minimum Gasteiger partial charge on any atom is -0.384 e. The van der Waals surface area contributed by atoms with Crippen LogP contribution in [0, 0.1) is 12.7 Å². The van der Waals surface area contributed by atoms with Gasteiger partial charge in [0.25, 0.3) is 10.0 Å². The highest BCUT2D eigenvalue weighted by Gasteiger charge is 2.17. The minimum atomic E-state index is -3.76. The Labute approximate surface area is 159 Å². The maximum absolute atomic E-state index is 13.2. The van der Waals surface area contributed by atoms with Gasteiger partial charge in [-0.15, -0.1) is 0 Å². The number of hydrogen-bond donors (Lipinski definition) is 2. The summed E-state index contributed by atoms with van der Waals surface area (Å²) in [4.78, 5) is 2.40. The van der Waals surface area contributed by atoms with Gasteiger partial charge >= 0.3 is 0 Å². The summed E-state index contributed by atoms with van der Waals surface area (Å²) in [5.74, 6) is -0.459. The van der Waals surface area contributed by atoms with Gasteiger partial charge in [0.15, 0.2) is 0 Å². The van der Waals surface area contributed by atoms with Gasteiger partial charge in [-0.3, -0.25) is 9.62 Å². The average Bonchev–Trinajstić information content (AvgIpc) is 2.63. The zero-order valence-electron chi connectivity index (χ0n) is 15.2. The molecular weight excluding hydrogens is 369 g/mol. The number of sulfonamides is 1. The highest BCUT2D eigenvalue weighted by atomic mass is 32.2. The number of nitrogens with zero attached hydrogens (tertiary/aromatic N) is 1. The van der Waals surface area contributed by atoms with Crippen LogP contribution >= 0.6 is 0 Å². The molecule has 1 aliphatic heterocycles. The Kier molecular flexibility index (Phi) is 6.30. The lowest BCUT2D eigenvalue weighted by molar-refractivity contribution is 0.0398. The largest absolute Gasteiger partial charge is 0.384 e. The van der Waals surface area contributed by atoms with Crippen molar-refractivity contribution in [2.75, 3.05) is 49.4 Å². The molecule has 0 spiro atoms. The first-order valence-electron chi connectivity index (χ1n) is 8.87. The van der Waals surface area contributed by atoms with Gasteiger partial charge < -0.3 is 10.1 Å². The molecule has 146 valence electrons. The SMILES string of the molecule is Cc1cc(F)ccc1S(=O)(=O)Nc1ccc(NCCN2CCOCC2)cc1. The summed E-state index contributed by atoms with van der Waals surface area (Å²) < 4.78 is 46.1. The Morgan fingerprint density at radius 3 is 2.41 bits per heavy atom. The predicted octanol–water partition coefficient (Wildman–Crippen LogP) is 2.68. The average molecular weight is 393 g/mol. The number of rotatable bonds is 7. The fourth-order valence-electron chi connectivity index (χ4n) is 2.96. The highest BCUT2D eigenvalue weighted by Crippen LogP contribution is 2.21.